The van der Waals surface area contributed by atoms with Crippen LogP contribution in [0.2, 0.25) is 0 Å². The van der Waals surface area contributed by atoms with Gasteiger partial charge in [-0.3, -0.25) is 0 Å². The Morgan fingerprint density at radius 1 is 1.33 bits per heavy atom. The second-order valence-electron chi connectivity index (χ2n) is 3.02. The lowest BCUT2D eigenvalue weighted by atomic mass is 10.3. The molecule has 0 spiro atoms. The Kier molecular flexibility index (Phi) is 3.28. The minimum Gasteiger partial charge on any atom is -0.508 e. The molecule has 0 saturated carbocycles. The summed E-state index contributed by atoms with van der Waals surface area (Å²) >= 11 is 5.02. The number of thiophene rings is 1. The Morgan fingerprint density at radius 3 is 2.87 bits per heavy atom. The average molecular weight is 285 g/mol. The molecule has 0 radical (unpaired) electrons. The molecule has 0 unspecified atom stereocenters. The van der Waals surface area contributed by atoms with Crippen LogP contribution < -0.4 is 4.74 Å². The van der Waals surface area contributed by atoms with Crippen LogP contribution in [0.5, 0.6) is 11.5 Å². The van der Waals surface area contributed by atoms with E-state index in [0.29, 0.717) is 12.4 Å². The van der Waals surface area contributed by atoms with Crippen LogP contribution in [0.1, 0.15) is 4.88 Å². The van der Waals surface area contributed by atoms with Crippen LogP contribution in [0, 0.1) is 0 Å². The van der Waals surface area contributed by atoms with Crippen molar-refractivity contribution < 1.29 is 9.84 Å². The highest BCUT2D eigenvalue weighted by atomic mass is 79.9. The molecule has 0 amide bonds. The second kappa shape index (κ2) is 4.68. The number of aromatic hydroxyl groups is 1. The lowest BCUT2D eigenvalue weighted by Gasteiger charge is -2.04. The first-order valence-electron chi connectivity index (χ1n) is 4.39. The summed E-state index contributed by atoms with van der Waals surface area (Å²) in [6.45, 7) is 0.528. The number of phenols is 1. The van der Waals surface area contributed by atoms with Crippen molar-refractivity contribution in [2.75, 3.05) is 0 Å². The van der Waals surface area contributed by atoms with Crippen molar-refractivity contribution >= 4 is 27.3 Å². The first-order chi connectivity index (χ1) is 7.24. The van der Waals surface area contributed by atoms with Crippen LogP contribution in [-0.4, -0.2) is 5.11 Å². The predicted octanol–water partition coefficient (Wildman–Crippen LogP) is 3.80. The number of halogens is 1. The molecule has 2 aromatic rings. The number of phenolic OH excluding ortho intramolecular Hbond substituents is 1. The molecule has 1 aromatic heterocycles. The maximum atomic E-state index is 9.23. The molecule has 1 N–H and O–H groups in total. The summed E-state index contributed by atoms with van der Waals surface area (Å²) in [7, 11) is 0. The summed E-state index contributed by atoms with van der Waals surface area (Å²) in [5.41, 5.74) is 0. The van der Waals surface area contributed by atoms with Gasteiger partial charge in [-0.25, -0.2) is 0 Å². The van der Waals surface area contributed by atoms with E-state index in [0.717, 1.165) is 9.35 Å². The van der Waals surface area contributed by atoms with E-state index in [1.54, 1.807) is 29.5 Å². The normalized spacial score (nSPS) is 10.2. The molecule has 0 aliphatic heterocycles. The summed E-state index contributed by atoms with van der Waals surface area (Å²) in [5, 5.41) is 11.2. The Morgan fingerprint density at radius 2 is 2.20 bits per heavy atom. The van der Waals surface area contributed by atoms with E-state index in [-0.39, 0.29) is 5.75 Å². The van der Waals surface area contributed by atoms with Crippen LogP contribution >= 0.6 is 27.3 Å². The van der Waals surface area contributed by atoms with Crippen LogP contribution in [-0.2, 0) is 6.61 Å². The highest BCUT2D eigenvalue weighted by Gasteiger charge is 1.99. The van der Waals surface area contributed by atoms with Crippen molar-refractivity contribution in [2.24, 2.45) is 0 Å². The number of ether oxygens (including phenoxy) is 1. The second-order valence-corrected chi connectivity index (χ2v) is 4.93. The Hall–Kier alpha value is -1.000. The maximum Gasteiger partial charge on any atom is 0.123 e. The molecule has 0 atom stereocenters. The molecule has 2 nitrogen and oxygen atoms in total. The van der Waals surface area contributed by atoms with Gasteiger partial charge in [-0.1, -0.05) is 6.07 Å². The van der Waals surface area contributed by atoms with Crippen molar-refractivity contribution in [3.8, 4) is 11.5 Å². The summed E-state index contributed by atoms with van der Waals surface area (Å²) < 4.78 is 6.59. The van der Waals surface area contributed by atoms with Gasteiger partial charge in [-0.05, 0) is 34.1 Å². The average Bonchev–Trinajstić information content (AvgIpc) is 2.62. The maximum absolute atomic E-state index is 9.23. The first-order valence-corrected chi connectivity index (χ1v) is 6.06. The molecule has 0 saturated heterocycles. The third kappa shape index (κ3) is 2.97. The van der Waals surface area contributed by atoms with E-state index in [1.165, 1.54) is 0 Å². The van der Waals surface area contributed by atoms with E-state index in [1.807, 2.05) is 17.5 Å². The van der Waals surface area contributed by atoms with E-state index >= 15 is 0 Å². The quantitative estimate of drug-likeness (QED) is 0.929. The monoisotopic (exact) mass is 284 g/mol. The molecule has 0 bridgehead atoms. The Bertz CT molecular complexity index is 453. The van der Waals surface area contributed by atoms with Gasteiger partial charge in [0.15, 0.2) is 0 Å². The lowest BCUT2D eigenvalue weighted by molar-refractivity contribution is 0.308. The molecular weight excluding hydrogens is 276 g/mol. The molecule has 1 heterocycles. The van der Waals surface area contributed by atoms with Gasteiger partial charge < -0.3 is 9.84 Å². The van der Waals surface area contributed by atoms with Gasteiger partial charge in [0, 0.05) is 20.8 Å². The van der Waals surface area contributed by atoms with Gasteiger partial charge in [0.1, 0.15) is 18.1 Å². The van der Waals surface area contributed by atoms with E-state index in [2.05, 4.69) is 15.9 Å². The summed E-state index contributed by atoms with van der Waals surface area (Å²) in [6.07, 6.45) is 0. The van der Waals surface area contributed by atoms with Crippen molar-refractivity contribution in [1.29, 1.82) is 0 Å². The zero-order valence-electron chi connectivity index (χ0n) is 7.81. The molecule has 78 valence electrons. The predicted molar refractivity (Wildman–Crippen MR) is 64.5 cm³/mol. The van der Waals surface area contributed by atoms with Gasteiger partial charge in [0.2, 0.25) is 0 Å². The number of benzene rings is 1. The van der Waals surface area contributed by atoms with Crippen molar-refractivity contribution in [3.63, 3.8) is 0 Å². The highest BCUT2D eigenvalue weighted by Crippen LogP contribution is 2.23. The molecule has 2 rings (SSSR count). The largest absolute Gasteiger partial charge is 0.508 e. The van der Waals surface area contributed by atoms with Crippen molar-refractivity contribution in [3.05, 3.63) is 45.1 Å². The fourth-order valence-corrected chi connectivity index (χ4v) is 2.52. The number of rotatable bonds is 3. The van der Waals surface area contributed by atoms with Gasteiger partial charge in [-0.2, -0.15) is 0 Å². The molecule has 15 heavy (non-hydrogen) atoms. The third-order valence-electron chi connectivity index (χ3n) is 1.82. The van der Waals surface area contributed by atoms with Gasteiger partial charge in [-0.15, -0.1) is 11.3 Å². The topological polar surface area (TPSA) is 29.5 Å². The lowest BCUT2D eigenvalue weighted by Crippen LogP contribution is -1.91. The van der Waals surface area contributed by atoms with Crippen LogP contribution in [0.3, 0.4) is 0 Å². The smallest absolute Gasteiger partial charge is 0.123 e. The minimum absolute atomic E-state index is 0.222. The van der Waals surface area contributed by atoms with Gasteiger partial charge in [0.25, 0.3) is 0 Å². The SMILES string of the molecule is Oc1cccc(OCc2cc(Br)cs2)c1. The first kappa shape index (κ1) is 10.5. The van der Waals surface area contributed by atoms with Crippen LogP contribution in [0.25, 0.3) is 0 Å². The number of hydrogen-bond acceptors (Lipinski definition) is 3. The standard InChI is InChI=1S/C11H9BrO2S/c12-8-4-11(15-7-8)6-14-10-3-1-2-9(13)5-10/h1-5,7,13H,6H2. The molecule has 1 aromatic carbocycles. The summed E-state index contributed by atoms with van der Waals surface area (Å²) in [4.78, 5) is 1.14. The zero-order valence-corrected chi connectivity index (χ0v) is 10.2. The molecule has 4 heteroatoms. The van der Waals surface area contributed by atoms with Crippen LogP contribution in [0.4, 0.5) is 0 Å². The molecule has 0 fully saturated rings. The molecule has 0 aliphatic carbocycles. The van der Waals surface area contributed by atoms with Gasteiger partial charge >= 0.3 is 0 Å². The van der Waals surface area contributed by atoms with Crippen molar-refractivity contribution in [1.82, 2.24) is 0 Å². The van der Waals surface area contributed by atoms with Gasteiger partial charge in [0.05, 0.1) is 0 Å². The van der Waals surface area contributed by atoms with E-state index < -0.39 is 0 Å². The molecular formula is C11H9BrO2S. The minimum atomic E-state index is 0.222. The summed E-state index contributed by atoms with van der Waals surface area (Å²) in [6, 6.07) is 8.82. The Labute approximate surface area is 100 Å². The van der Waals surface area contributed by atoms with Crippen LogP contribution in [0.15, 0.2) is 40.2 Å². The number of hydrogen-bond donors (Lipinski definition) is 1. The third-order valence-corrected chi connectivity index (χ3v) is 3.49. The fraction of sp³-hybridized carbons (Fsp3) is 0.0909. The highest BCUT2D eigenvalue weighted by molar-refractivity contribution is 9.10. The van der Waals surface area contributed by atoms with E-state index in [9.17, 15) is 5.11 Å². The fourth-order valence-electron chi connectivity index (χ4n) is 1.16. The molecule has 0 aliphatic rings. The summed E-state index contributed by atoms with van der Waals surface area (Å²) in [5.74, 6) is 0.902. The van der Waals surface area contributed by atoms with Crippen molar-refractivity contribution in [2.45, 2.75) is 6.61 Å². The zero-order chi connectivity index (χ0) is 10.7. The Balaban J connectivity index is 1.99. The van der Waals surface area contributed by atoms with E-state index in [4.69, 9.17) is 4.74 Å².